The van der Waals surface area contributed by atoms with Gasteiger partial charge in [-0.1, -0.05) is 32.1 Å². The molecule has 0 saturated carbocycles. The molecule has 6 nitrogen and oxygen atoms in total. The zero-order chi connectivity index (χ0) is 24.5. The normalized spacial score (nSPS) is 18.1. The lowest BCUT2D eigenvalue weighted by Gasteiger charge is -2.30. The van der Waals surface area contributed by atoms with Gasteiger partial charge in [-0.2, -0.15) is 0 Å². The van der Waals surface area contributed by atoms with E-state index in [1.54, 1.807) is 32.4 Å². The second kappa shape index (κ2) is 9.31. The number of ether oxygens (including phenoxy) is 2. The van der Waals surface area contributed by atoms with E-state index in [4.69, 9.17) is 9.47 Å². The number of benzene rings is 3. The summed E-state index contributed by atoms with van der Waals surface area (Å²) in [6.07, 6.45) is 2.59. The number of rotatable bonds is 7. The Morgan fingerprint density at radius 1 is 1.00 bits per heavy atom. The van der Waals surface area contributed by atoms with E-state index in [-0.39, 0.29) is 23.6 Å². The smallest absolute Gasteiger partial charge is 0.127 e. The monoisotopic (exact) mass is 460 g/mol. The third-order valence-corrected chi connectivity index (χ3v) is 6.62. The highest BCUT2D eigenvalue weighted by Crippen LogP contribution is 2.46. The highest BCUT2D eigenvalue weighted by Gasteiger charge is 2.37. The molecule has 34 heavy (non-hydrogen) atoms. The summed E-state index contributed by atoms with van der Waals surface area (Å²) in [5.74, 6) is 1.83. The molecule has 178 valence electrons. The Bertz CT molecular complexity index is 1160. The first kappa shape index (κ1) is 23.5. The molecule has 1 saturated heterocycles. The second-order valence-corrected chi connectivity index (χ2v) is 9.13. The molecule has 2 atom stereocenters. The van der Waals surface area contributed by atoms with Crippen LogP contribution in [0.4, 0.5) is 5.69 Å². The molecule has 1 aliphatic rings. The molecule has 1 aliphatic heterocycles. The first-order valence-corrected chi connectivity index (χ1v) is 11.3. The fourth-order valence-electron chi connectivity index (χ4n) is 4.47. The van der Waals surface area contributed by atoms with Crippen LogP contribution in [-0.2, 0) is 5.41 Å². The molecule has 4 rings (SSSR count). The zero-order valence-electron chi connectivity index (χ0n) is 20.1. The van der Waals surface area contributed by atoms with Gasteiger partial charge in [0.15, 0.2) is 0 Å². The van der Waals surface area contributed by atoms with Crippen molar-refractivity contribution in [3.8, 4) is 23.0 Å². The molecule has 3 N–H and O–H groups in total. The Balaban J connectivity index is 1.82. The van der Waals surface area contributed by atoms with Gasteiger partial charge in [-0.3, -0.25) is 0 Å². The highest BCUT2D eigenvalue weighted by molar-refractivity contribution is 5.57. The molecule has 0 bridgehead atoms. The number of hydrogen-bond donors (Lipinski definition) is 3. The average molecular weight is 461 g/mol. The van der Waals surface area contributed by atoms with Crippen LogP contribution in [0.25, 0.3) is 0 Å². The number of nitrogens with one attached hydrogen (secondary N) is 1. The number of aromatic hydroxyl groups is 2. The topological polar surface area (TPSA) is 74.2 Å². The first-order valence-electron chi connectivity index (χ1n) is 11.3. The third kappa shape index (κ3) is 4.41. The van der Waals surface area contributed by atoms with E-state index in [0.29, 0.717) is 5.75 Å². The van der Waals surface area contributed by atoms with Crippen molar-refractivity contribution in [2.24, 2.45) is 0 Å². The molecule has 1 fully saturated rings. The summed E-state index contributed by atoms with van der Waals surface area (Å²) in [7, 11) is 3.27. The van der Waals surface area contributed by atoms with Crippen LogP contribution in [0.1, 0.15) is 49.0 Å². The largest absolute Gasteiger partial charge is 0.508 e. The quantitative estimate of drug-likeness (QED) is 0.389. The fraction of sp³-hybridized carbons (Fsp3) is 0.286. The SMILES string of the molecule is C=CC(C)(C)c1cc(C2CC(c3ccc(O)cc3)NN2c2ccc(OC)cc2)c(OC)cc1O. The predicted octanol–water partition coefficient (Wildman–Crippen LogP) is 5.78. The second-order valence-electron chi connectivity index (χ2n) is 9.13. The van der Waals surface area contributed by atoms with Gasteiger partial charge in [-0.25, -0.2) is 5.43 Å². The number of phenolic OH excluding ortho intramolecular Hbond substituents is 2. The molecule has 2 unspecified atom stereocenters. The molecule has 0 radical (unpaired) electrons. The molecular weight excluding hydrogens is 428 g/mol. The summed E-state index contributed by atoms with van der Waals surface area (Å²) >= 11 is 0. The van der Waals surface area contributed by atoms with E-state index in [0.717, 1.165) is 34.5 Å². The summed E-state index contributed by atoms with van der Waals surface area (Å²) in [6.45, 7) is 8.01. The van der Waals surface area contributed by atoms with E-state index in [9.17, 15) is 10.2 Å². The van der Waals surface area contributed by atoms with E-state index in [2.05, 4.69) is 17.0 Å². The average Bonchev–Trinajstić information content (AvgIpc) is 3.29. The maximum atomic E-state index is 10.8. The number of nitrogens with zero attached hydrogens (tertiary/aromatic N) is 1. The highest BCUT2D eigenvalue weighted by atomic mass is 16.5. The minimum atomic E-state index is -0.418. The lowest BCUT2D eigenvalue weighted by molar-refractivity contribution is 0.395. The predicted molar refractivity (Wildman–Crippen MR) is 135 cm³/mol. The number of anilines is 1. The van der Waals surface area contributed by atoms with Crippen LogP contribution in [0.3, 0.4) is 0 Å². The lowest BCUT2D eigenvalue weighted by atomic mass is 9.82. The van der Waals surface area contributed by atoms with Crippen molar-refractivity contribution in [3.63, 3.8) is 0 Å². The number of phenols is 2. The number of methoxy groups -OCH3 is 2. The Morgan fingerprint density at radius 3 is 2.26 bits per heavy atom. The third-order valence-electron chi connectivity index (χ3n) is 6.62. The van der Waals surface area contributed by atoms with Gasteiger partial charge in [0.1, 0.15) is 23.0 Å². The van der Waals surface area contributed by atoms with Crippen molar-refractivity contribution >= 4 is 5.69 Å². The summed E-state index contributed by atoms with van der Waals surface area (Å²) in [4.78, 5) is 0. The summed E-state index contributed by atoms with van der Waals surface area (Å²) < 4.78 is 11.1. The van der Waals surface area contributed by atoms with Crippen molar-refractivity contribution < 1.29 is 19.7 Å². The summed E-state index contributed by atoms with van der Waals surface area (Å²) in [6, 6.07) is 18.8. The molecule has 1 heterocycles. The molecule has 3 aromatic rings. The number of hydrazine groups is 1. The zero-order valence-corrected chi connectivity index (χ0v) is 20.1. The van der Waals surface area contributed by atoms with Crippen LogP contribution in [0, 0.1) is 0 Å². The maximum absolute atomic E-state index is 10.8. The van der Waals surface area contributed by atoms with Crippen molar-refractivity contribution in [1.82, 2.24) is 5.43 Å². The van der Waals surface area contributed by atoms with Crippen LogP contribution in [0.15, 0.2) is 73.3 Å². The van der Waals surface area contributed by atoms with Crippen molar-refractivity contribution in [1.29, 1.82) is 0 Å². The molecule has 0 aliphatic carbocycles. The molecule has 0 spiro atoms. The fourth-order valence-corrected chi connectivity index (χ4v) is 4.47. The summed E-state index contributed by atoms with van der Waals surface area (Å²) in [5, 5.41) is 22.6. The van der Waals surface area contributed by atoms with Gasteiger partial charge in [0.25, 0.3) is 0 Å². The van der Waals surface area contributed by atoms with Gasteiger partial charge in [-0.15, -0.1) is 6.58 Å². The lowest BCUT2D eigenvalue weighted by Crippen LogP contribution is -2.34. The van der Waals surface area contributed by atoms with Gasteiger partial charge >= 0.3 is 0 Å². The van der Waals surface area contributed by atoms with Crippen LogP contribution in [0.5, 0.6) is 23.0 Å². The van der Waals surface area contributed by atoms with E-state index in [1.807, 2.05) is 62.4 Å². The Hall–Kier alpha value is -3.64. The first-order chi connectivity index (χ1) is 16.3. The van der Waals surface area contributed by atoms with Gasteiger partial charge in [0, 0.05) is 22.6 Å². The minimum absolute atomic E-state index is 0.0158. The van der Waals surface area contributed by atoms with Gasteiger partial charge in [0.05, 0.1) is 32.0 Å². The van der Waals surface area contributed by atoms with Crippen LogP contribution >= 0.6 is 0 Å². The molecule has 3 aromatic carbocycles. The Kier molecular flexibility index (Phi) is 6.44. The van der Waals surface area contributed by atoms with Gasteiger partial charge in [-0.05, 0) is 54.4 Å². The van der Waals surface area contributed by atoms with Gasteiger partial charge < -0.3 is 24.7 Å². The molecule has 6 heteroatoms. The van der Waals surface area contributed by atoms with E-state index in [1.165, 1.54) is 0 Å². The standard InChI is InChI=1S/C28H32N2O4/c1-6-28(2,3)23-15-22(27(34-5)17-26(23)32)25-16-24(18-7-11-20(31)12-8-18)29-30(25)19-9-13-21(33-4)14-10-19/h6-15,17,24-25,29,31-32H,1,16H2,2-5H3. The van der Waals surface area contributed by atoms with Crippen LogP contribution in [0.2, 0.25) is 0 Å². The summed E-state index contributed by atoms with van der Waals surface area (Å²) in [5.41, 5.74) is 7.03. The van der Waals surface area contributed by atoms with Crippen molar-refractivity contribution in [3.05, 3.63) is 90.0 Å². The van der Waals surface area contributed by atoms with E-state index >= 15 is 0 Å². The van der Waals surface area contributed by atoms with Crippen molar-refractivity contribution in [2.45, 2.75) is 37.8 Å². The Labute approximate surface area is 201 Å². The molecular formula is C28H32N2O4. The number of hydrogen-bond acceptors (Lipinski definition) is 6. The number of allylic oxidation sites excluding steroid dienone is 1. The maximum Gasteiger partial charge on any atom is 0.127 e. The van der Waals surface area contributed by atoms with Gasteiger partial charge in [0.2, 0.25) is 0 Å². The van der Waals surface area contributed by atoms with E-state index < -0.39 is 5.41 Å². The minimum Gasteiger partial charge on any atom is -0.508 e. The molecule has 0 amide bonds. The Morgan fingerprint density at radius 2 is 1.68 bits per heavy atom. The van der Waals surface area contributed by atoms with Crippen molar-refractivity contribution in [2.75, 3.05) is 19.2 Å². The van der Waals surface area contributed by atoms with Crippen LogP contribution in [-0.4, -0.2) is 24.4 Å². The van der Waals surface area contributed by atoms with Crippen LogP contribution < -0.4 is 19.9 Å². The molecule has 0 aromatic heterocycles.